The molecule has 1 aliphatic rings. The zero-order chi connectivity index (χ0) is 15.7. The average molecular weight is 317 g/mol. The van der Waals surface area contributed by atoms with Crippen molar-refractivity contribution >= 4 is 23.5 Å². The maximum absolute atomic E-state index is 12.7. The first-order valence-corrected chi connectivity index (χ1v) is 7.16. The van der Waals surface area contributed by atoms with E-state index in [9.17, 15) is 14.7 Å². The number of halogens is 1. The van der Waals surface area contributed by atoms with E-state index in [-0.39, 0.29) is 17.1 Å². The molecule has 0 radical (unpaired) electrons. The number of benzene rings is 1. The molecule has 5 nitrogen and oxygen atoms in total. The van der Waals surface area contributed by atoms with Gasteiger partial charge in [0.15, 0.2) is 0 Å². The maximum Gasteiger partial charge on any atom is 0.326 e. The lowest BCUT2D eigenvalue weighted by atomic mass is 9.93. The molecule has 2 heterocycles. The fourth-order valence-corrected chi connectivity index (χ4v) is 2.86. The van der Waals surface area contributed by atoms with Gasteiger partial charge in [0.2, 0.25) is 0 Å². The summed E-state index contributed by atoms with van der Waals surface area (Å²) < 4.78 is 0. The molecule has 0 spiro atoms. The zero-order valence-corrected chi connectivity index (χ0v) is 12.3. The molecule has 2 aromatic rings. The molecular formula is C16H13ClN2O3. The molecule has 22 heavy (non-hydrogen) atoms. The summed E-state index contributed by atoms with van der Waals surface area (Å²) in [6, 6.07) is 8.15. The average Bonchev–Trinajstić information content (AvgIpc) is 2.53. The Hall–Kier alpha value is -2.40. The van der Waals surface area contributed by atoms with Gasteiger partial charge in [-0.15, -0.1) is 0 Å². The van der Waals surface area contributed by atoms with E-state index in [2.05, 4.69) is 4.98 Å². The Morgan fingerprint density at radius 1 is 1.23 bits per heavy atom. The van der Waals surface area contributed by atoms with Gasteiger partial charge in [-0.1, -0.05) is 35.9 Å². The number of hydrogen-bond donors (Lipinski definition) is 1. The summed E-state index contributed by atoms with van der Waals surface area (Å²) in [4.78, 5) is 29.4. The van der Waals surface area contributed by atoms with Gasteiger partial charge >= 0.3 is 5.97 Å². The number of aliphatic carboxylic acids is 1. The van der Waals surface area contributed by atoms with E-state index in [4.69, 9.17) is 11.6 Å². The molecule has 0 fully saturated rings. The molecule has 1 N–H and O–H groups in total. The summed E-state index contributed by atoms with van der Waals surface area (Å²) >= 11 is 6.01. The van der Waals surface area contributed by atoms with Gasteiger partial charge in [-0.05, 0) is 17.2 Å². The summed E-state index contributed by atoms with van der Waals surface area (Å²) in [6.45, 7) is 0.255. The highest BCUT2D eigenvalue weighted by Gasteiger charge is 2.35. The van der Waals surface area contributed by atoms with E-state index < -0.39 is 17.9 Å². The smallest absolute Gasteiger partial charge is 0.326 e. The Labute approximate surface area is 132 Å². The van der Waals surface area contributed by atoms with Crippen LogP contribution in [0.1, 0.15) is 21.5 Å². The van der Waals surface area contributed by atoms with Crippen molar-refractivity contribution in [1.82, 2.24) is 9.88 Å². The third-order valence-electron chi connectivity index (χ3n) is 3.80. The Morgan fingerprint density at radius 2 is 1.95 bits per heavy atom. The first kappa shape index (κ1) is 14.5. The molecule has 0 bridgehead atoms. The lowest BCUT2D eigenvalue weighted by Crippen LogP contribution is -2.48. The van der Waals surface area contributed by atoms with E-state index in [0.717, 1.165) is 11.1 Å². The molecule has 3 rings (SSSR count). The fraction of sp³-hybridized carbons (Fsp3) is 0.188. The first-order chi connectivity index (χ1) is 10.6. The molecule has 1 aromatic heterocycles. The molecule has 112 valence electrons. The summed E-state index contributed by atoms with van der Waals surface area (Å²) in [6.07, 6.45) is 3.13. The second-order valence-corrected chi connectivity index (χ2v) is 5.52. The standard InChI is InChI=1S/C16H13ClN2O3/c17-13-8-18-6-5-12(13)15(20)19-9-11-4-2-1-3-10(11)7-14(19)16(21)22/h1-6,8,14H,7,9H2,(H,21,22)/t14-/m1/s1. The third-order valence-corrected chi connectivity index (χ3v) is 4.10. The van der Waals surface area contributed by atoms with Gasteiger partial charge in [0.1, 0.15) is 6.04 Å². The third kappa shape index (κ3) is 2.55. The van der Waals surface area contributed by atoms with Gasteiger partial charge in [-0.2, -0.15) is 0 Å². The van der Waals surface area contributed by atoms with Gasteiger partial charge in [0.05, 0.1) is 10.6 Å². The van der Waals surface area contributed by atoms with Crippen LogP contribution in [0.3, 0.4) is 0 Å². The lowest BCUT2D eigenvalue weighted by molar-refractivity contribution is -0.142. The topological polar surface area (TPSA) is 70.5 Å². The van der Waals surface area contributed by atoms with Crippen molar-refractivity contribution in [1.29, 1.82) is 0 Å². The number of carbonyl (C=O) groups is 2. The number of carboxylic acids is 1. The van der Waals surface area contributed by atoms with Gasteiger partial charge in [-0.25, -0.2) is 4.79 Å². The van der Waals surface area contributed by atoms with Crippen LogP contribution in [0.5, 0.6) is 0 Å². The number of pyridine rings is 1. The van der Waals surface area contributed by atoms with Crippen LogP contribution < -0.4 is 0 Å². The molecule has 6 heteroatoms. The van der Waals surface area contributed by atoms with E-state index in [1.807, 2.05) is 24.3 Å². The van der Waals surface area contributed by atoms with Crippen LogP contribution in [0.25, 0.3) is 0 Å². The highest BCUT2D eigenvalue weighted by Crippen LogP contribution is 2.26. The quantitative estimate of drug-likeness (QED) is 0.923. The molecule has 0 saturated carbocycles. The Morgan fingerprint density at radius 3 is 2.64 bits per heavy atom. The number of rotatable bonds is 2. The predicted molar refractivity (Wildman–Crippen MR) is 80.7 cm³/mol. The first-order valence-electron chi connectivity index (χ1n) is 6.78. The highest BCUT2D eigenvalue weighted by atomic mass is 35.5. The van der Waals surface area contributed by atoms with Crippen LogP contribution in [-0.2, 0) is 17.8 Å². The largest absolute Gasteiger partial charge is 0.480 e. The zero-order valence-electron chi connectivity index (χ0n) is 11.6. The van der Waals surface area contributed by atoms with E-state index >= 15 is 0 Å². The van der Waals surface area contributed by atoms with Crippen molar-refractivity contribution in [2.24, 2.45) is 0 Å². The molecule has 1 atom stereocenters. The van der Waals surface area contributed by atoms with Crippen molar-refractivity contribution < 1.29 is 14.7 Å². The number of nitrogens with zero attached hydrogens (tertiary/aromatic N) is 2. The van der Waals surface area contributed by atoms with E-state index in [1.165, 1.54) is 23.4 Å². The summed E-state index contributed by atoms with van der Waals surface area (Å²) in [5.74, 6) is -1.41. The van der Waals surface area contributed by atoms with Crippen LogP contribution in [0.4, 0.5) is 0 Å². The SMILES string of the molecule is O=C(O)[C@H]1Cc2ccccc2CN1C(=O)c1ccncc1Cl. The van der Waals surface area contributed by atoms with Crippen molar-refractivity contribution in [3.05, 3.63) is 64.4 Å². The Bertz CT molecular complexity index is 748. The van der Waals surface area contributed by atoms with Crippen LogP contribution in [-0.4, -0.2) is 32.9 Å². The van der Waals surface area contributed by atoms with Gasteiger partial charge < -0.3 is 10.0 Å². The normalized spacial score (nSPS) is 17.0. The number of hydrogen-bond acceptors (Lipinski definition) is 3. The maximum atomic E-state index is 12.7. The molecule has 0 unspecified atom stereocenters. The summed E-state index contributed by atoms with van der Waals surface area (Å²) in [7, 11) is 0. The molecule has 1 aliphatic heterocycles. The Kier molecular flexibility index (Phi) is 3.81. The number of carbonyl (C=O) groups excluding carboxylic acids is 1. The predicted octanol–water partition coefficient (Wildman–Crippen LogP) is 2.39. The van der Waals surface area contributed by atoms with Crippen LogP contribution in [0, 0.1) is 0 Å². The summed E-state index contributed by atoms with van der Waals surface area (Å²) in [5, 5.41) is 9.68. The fourth-order valence-electron chi connectivity index (χ4n) is 2.66. The number of amides is 1. The molecule has 1 aromatic carbocycles. The minimum atomic E-state index is -1.02. The summed E-state index contributed by atoms with van der Waals surface area (Å²) in [5.41, 5.74) is 2.18. The van der Waals surface area contributed by atoms with Gasteiger partial charge in [-0.3, -0.25) is 9.78 Å². The highest BCUT2D eigenvalue weighted by molar-refractivity contribution is 6.33. The minimum Gasteiger partial charge on any atom is -0.480 e. The molecule has 0 saturated heterocycles. The second-order valence-electron chi connectivity index (χ2n) is 5.12. The lowest BCUT2D eigenvalue weighted by Gasteiger charge is -2.34. The van der Waals surface area contributed by atoms with Crippen LogP contribution in [0.15, 0.2) is 42.7 Å². The van der Waals surface area contributed by atoms with Crippen molar-refractivity contribution in [2.45, 2.75) is 19.0 Å². The van der Waals surface area contributed by atoms with Crippen LogP contribution >= 0.6 is 11.6 Å². The van der Waals surface area contributed by atoms with E-state index in [0.29, 0.717) is 6.42 Å². The van der Waals surface area contributed by atoms with Gasteiger partial charge in [0.25, 0.3) is 5.91 Å². The van der Waals surface area contributed by atoms with E-state index in [1.54, 1.807) is 0 Å². The monoisotopic (exact) mass is 316 g/mol. The minimum absolute atomic E-state index is 0.218. The number of carboxylic acid groups (broad SMARTS) is 1. The Balaban J connectivity index is 1.99. The van der Waals surface area contributed by atoms with Crippen molar-refractivity contribution in [2.75, 3.05) is 0 Å². The molecular weight excluding hydrogens is 304 g/mol. The van der Waals surface area contributed by atoms with Crippen LogP contribution in [0.2, 0.25) is 5.02 Å². The molecule has 1 amide bonds. The van der Waals surface area contributed by atoms with Crippen molar-refractivity contribution in [3.63, 3.8) is 0 Å². The van der Waals surface area contributed by atoms with Crippen molar-refractivity contribution in [3.8, 4) is 0 Å². The molecule has 0 aliphatic carbocycles. The number of aromatic nitrogens is 1. The number of fused-ring (bicyclic) bond motifs is 1. The van der Waals surface area contributed by atoms with Gasteiger partial charge in [0, 0.05) is 25.4 Å². The second kappa shape index (κ2) is 5.77.